The Labute approximate surface area is 158 Å². The maximum absolute atomic E-state index is 12.5. The zero-order chi connectivity index (χ0) is 18.8. The van der Waals surface area contributed by atoms with E-state index in [1.54, 1.807) is 0 Å². The molecule has 2 aliphatic heterocycles. The van der Waals surface area contributed by atoms with Gasteiger partial charge in [0.05, 0.1) is 29.4 Å². The lowest BCUT2D eigenvalue weighted by Gasteiger charge is -2.36. The monoisotopic (exact) mass is 362 g/mol. The molecule has 1 aliphatic carbocycles. The topological polar surface area (TPSA) is 107 Å². The Balaban J connectivity index is 1.68. The Morgan fingerprint density at radius 3 is 2.81 bits per heavy atom. The summed E-state index contributed by atoms with van der Waals surface area (Å²) in [6.45, 7) is 0.475. The number of amides is 1. The number of hydrogen-bond donors (Lipinski definition) is 2. The third kappa shape index (κ3) is 3.24. The van der Waals surface area contributed by atoms with Crippen LogP contribution in [0, 0.1) is 23.2 Å². The highest BCUT2D eigenvalue weighted by Gasteiger charge is 2.45. The Bertz CT molecular complexity index is 863. The molecular weight excluding hydrogens is 340 g/mol. The van der Waals surface area contributed by atoms with E-state index in [4.69, 9.17) is 5.73 Å². The number of carbonyl (C=O) groups is 1. The largest absolute Gasteiger partial charge is 0.326 e. The first-order chi connectivity index (χ1) is 13.2. The molecule has 2 fully saturated rings. The average molecular weight is 362 g/mol. The molecule has 2 heterocycles. The molecule has 3 N–H and O–H groups in total. The predicted octanol–water partition coefficient (Wildman–Crippen LogP) is 2.19. The van der Waals surface area contributed by atoms with Crippen LogP contribution in [0.4, 0.5) is 5.69 Å². The zero-order valence-electron chi connectivity index (χ0n) is 15.0. The van der Waals surface area contributed by atoms with Gasteiger partial charge in [0.15, 0.2) is 0 Å². The molecule has 1 aromatic rings. The summed E-state index contributed by atoms with van der Waals surface area (Å²) in [4.78, 5) is 21.1. The lowest BCUT2D eigenvalue weighted by molar-refractivity contribution is -0.119. The number of nitrogens with two attached hydrogens (primary N) is 1. The Hall–Kier alpha value is -2.98. The predicted molar refractivity (Wildman–Crippen MR) is 103 cm³/mol. The summed E-state index contributed by atoms with van der Waals surface area (Å²) in [6.07, 6.45) is 7.33. The van der Waals surface area contributed by atoms with E-state index in [1.165, 1.54) is 6.21 Å². The molecule has 0 radical (unpaired) electrons. The van der Waals surface area contributed by atoms with Crippen molar-refractivity contribution in [3.63, 3.8) is 0 Å². The molecule has 1 saturated heterocycles. The van der Waals surface area contributed by atoms with Crippen molar-refractivity contribution >= 4 is 23.6 Å². The van der Waals surface area contributed by atoms with Crippen molar-refractivity contribution in [1.29, 1.82) is 5.26 Å². The number of amidine groups is 1. The molecule has 3 atom stereocenters. The minimum absolute atomic E-state index is 0.0316. The third-order valence-electron chi connectivity index (χ3n) is 5.42. The minimum atomic E-state index is -0.537. The van der Waals surface area contributed by atoms with Crippen LogP contribution in [0.15, 0.2) is 46.0 Å². The molecule has 3 aliphatic rings. The van der Waals surface area contributed by atoms with Crippen LogP contribution < -0.4 is 11.2 Å². The van der Waals surface area contributed by atoms with E-state index < -0.39 is 5.92 Å². The summed E-state index contributed by atoms with van der Waals surface area (Å²) in [5.41, 5.74) is 11.6. The van der Waals surface area contributed by atoms with Crippen molar-refractivity contribution in [3.8, 4) is 6.07 Å². The number of rotatable bonds is 3. The maximum Gasteiger partial charge on any atom is 0.262 e. The minimum Gasteiger partial charge on any atom is -0.326 e. The fourth-order valence-corrected chi connectivity index (χ4v) is 3.99. The highest BCUT2D eigenvalue weighted by molar-refractivity contribution is 6.12. The number of carbonyl (C=O) groups excluding carboxylic acids is 1. The molecule has 138 valence electrons. The van der Waals surface area contributed by atoms with Crippen molar-refractivity contribution in [3.05, 3.63) is 41.6 Å². The lowest BCUT2D eigenvalue weighted by atomic mass is 9.84. The van der Waals surface area contributed by atoms with Crippen molar-refractivity contribution in [2.45, 2.75) is 38.3 Å². The van der Waals surface area contributed by atoms with Gasteiger partial charge in [-0.15, -0.1) is 0 Å². The van der Waals surface area contributed by atoms with Crippen molar-refractivity contribution in [2.75, 3.05) is 0 Å². The Morgan fingerprint density at radius 2 is 2.07 bits per heavy atom. The quantitative estimate of drug-likeness (QED) is 0.857. The number of nitrogens with zero attached hydrogens (tertiary/aromatic N) is 4. The van der Waals surface area contributed by atoms with Crippen LogP contribution in [-0.2, 0) is 11.3 Å². The first-order valence-corrected chi connectivity index (χ1v) is 9.32. The van der Waals surface area contributed by atoms with Crippen LogP contribution in [0.2, 0.25) is 0 Å². The van der Waals surface area contributed by atoms with Crippen LogP contribution >= 0.6 is 0 Å². The second-order valence-corrected chi connectivity index (χ2v) is 7.08. The standard InChI is InChI=1S/C20H22N6O/c21-11-13-5-7-15(8-6-13)24-19-18-17(9-10-23-20(18)27)26(25-19)16-4-2-1-3-14(16)12-22/h5-10,14,16,18H,1-4,11,21H2,(H,24,25)/t14-,16+,18?/m1/s1. The van der Waals surface area contributed by atoms with Crippen molar-refractivity contribution in [1.82, 2.24) is 10.4 Å². The van der Waals surface area contributed by atoms with Gasteiger partial charge in [0.25, 0.3) is 5.91 Å². The number of hydrogen-bond acceptors (Lipinski definition) is 5. The number of nitriles is 1. The van der Waals surface area contributed by atoms with Crippen molar-refractivity contribution in [2.24, 2.45) is 27.6 Å². The third-order valence-corrected chi connectivity index (χ3v) is 5.42. The zero-order valence-corrected chi connectivity index (χ0v) is 15.0. The molecule has 7 heteroatoms. The number of nitrogens with one attached hydrogen (secondary N) is 1. The highest BCUT2D eigenvalue weighted by atomic mass is 16.1. The molecule has 0 aromatic heterocycles. The van der Waals surface area contributed by atoms with E-state index in [2.05, 4.69) is 21.5 Å². The highest BCUT2D eigenvalue weighted by Crippen LogP contribution is 2.36. The van der Waals surface area contributed by atoms with Gasteiger partial charge >= 0.3 is 0 Å². The molecular formula is C20H22N6O. The van der Waals surface area contributed by atoms with Crippen LogP contribution in [0.1, 0.15) is 31.2 Å². The molecule has 1 saturated carbocycles. The van der Waals surface area contributed by atoms with Gasteiger partial charge < -0.3 is 5.73 Å². The molecule has 1 amide bonds. The Morgan fingerprint density at radius 1 is 1.30 bits per heavy atom. The van der Waals surface area contributed by atoms with Gasteiger partial charge in [-0.2, -0.15) is 5.26 Å². The molecule has 1 aromatic carbocycles. The van der Waals surface area contributed by atoms with Crippen LogP contribution in [0.3, 0.4) is 0 Å². The number of benzene rings is 1. The molecule has 1 unspecified atom stereocenters. The van der Waals surface area contributed by atoms with E-state index in [0.717, 1.165) is 42.6 Å². The fraction of sp³-hybridized carbons (Fsp3) is 0.400. The number of aliphatic imine (C=N–C) groups is 2. The first-order valence-electron chi connectivity index (χ1n) is 9.32. The maximum atomic E-state index is 12.5. The van der Waals surface area contributed by atoms with E-state index in [9.17, 15) is 10.1 Å². The summed E-state index contributed by atoms with van der Waals surface area (Å²) in [5.74, 6) is -0.273. The number of dihydropyridines is 1. The van der Waals surface area contributed by atoms with Crippen LogP contribution in [0.25, 0.3) is 0 Å². The molecule has 0 spiro atoms. The van der Waals surface area contributed by atoms with Gasteiger partial charge in [-0.25, -0.2) is 9.98 Å². The van der Waals surface area contributed by atoms with Crippen LogP contribution in [0.5, 0.6) is 0 Å². The van der Waals surface area contributed by atoms with E-state index in [0.29, 0.717) is 12.4 Å². The number of fused-ring (bicyclic) bond motifs is 1. The van der Waals surface area contributed by atoms with E-state index in [1.807, 2.05) is 35.4 Å². The second kappa shape index (κ2) is 7.33. The smallest absolute Gasteiger partial charge is 0.262 e. The first kappa shape index (κ1) is 17.4. The second-order valence-electron chi connectivity index (χ2n) is 7.08. The molecule has 7 nitrogen and oxygen atoms in total. The van der Waals surface area contributed by atoms with Gasteiger partial charge in [-0.3, -0.25) is 15.2 Å². The van der Waals surface area contributed by atoms with Gasteiger partial charge in [0.1, 0.15) is 11.8 Å². The molecule has 27 heavy (non-hydrogen) atoms. The lowest BCUT2D eigenvalue weighted by Crippen LogP contribution is -2.46. The number of allylic oxidation sites excluding steroid dienone is 1. The summed E-state index contributed by atoms with van der Waals surface area (Å²) >= 11 is 0. The fourth-order valence-electron chi connectivity index (χ4n) is 3.99. The summed E-state index contributed by atoms with van der Waals surface area (Å²) < 4.78 is 0. The van der Waals surface area contributed by atoms with Gasteiger partial charge in [0.2, 0.25) is 0 Å². The van der Waals surface area contributed by atoms with Crippen molar-refractivity contribution < 1.29 is 4.79 Å². The summed E-state index contributed by atoms with van der Waals surface area (Å²) in [7, 11) is 0. The van der Waals surface area contributed by atoms with E-state index >= 15 is 0 Å². The average Bonchev–Trinajstić information content (AvgIpc) is 3.08. The SMILES string of the molecule is N#C[C@H]1CCCC[C@@H]1N1NC(=Nc2ccc(CN)cc2)C2C(=O)N=CC=C21. The normalized spacial score (nSPS) is 28.5. The summed E-state index contributed by atoms with van der Waals surface area (Å²) in [6, 6.07) is 10.1. The van der Waals surface area contributed by atoms with Gasteiger partial charge in [0, 0.05) is 12.8 Å². The molecule has 4 rings (SSSR count). The van der Waals surface area contributed by atoms with Gasteiger partial charge in [-0.05, 0) is 36.6 Å². The molecule has 0 bridgehead atoms. The summed E-state index contributed by atoms with van der Waals surface area (Å²) in [5, 5.41) is 11.5. The number of hydrazine groups is 1. The van der Waals surface area contributed by atoms with Gasteiger partial charge in [-0.1, -0.05) is 25.0 Å². The van der Waals surface area contributed by atoms with Crippen LogP contribution in [-0.4, -0.2) is 29.0 Å². The Kier molecular flexibility index (Phi) is 4.73. The van der Waals surface area contributed by atoms with E-state index in [-0.39, 0.29) is 17.9 Å².